The van der Waals surface area contributed by atoms with Gasteiger partial charge in [-0.05, 0) is 53.1 Å². The quantitative estimate of drug-likeness (QED) is 0.614. The van der Waals surface area contributed by atoms with E-state index in [9.17, 15) is 4.79 Å². The molecule has 7 heteroatoms. The zero-order chi connectivity index (χ0) is 16.6. The molecule has 0 spiro atoms. The number of carbonyl (C=O) groups is 1. The van der Waals surface area contributed by atoms with Gasteiger partial charge in [-0.2, -0.15) is 0 Å². The number of primary amides is 1. The first-order valence-corrected chi connectivity index (χ1v) is 10.3. The summed E-state index contributed by atoms with van der Waals surface area (Å²) in [7, 11) is -2.75. The molecule has 130 valence electrons. The Morgan fingerprint density at radius 2 is 1.55 bits per heavy atom. The lowest BCUT2D eigenvalue weighted by Gasteiger charge is -2.43. The molecular weight excluding hydrogens is 300 g/mol. The summed E-state index contributed by atoms with van der Waals surface area (Å²) < 4.78 is 18.2. The second-order valence-electron chi connectivity index (χ2n) is 5.54. The number of piperidine rings is 1. The highest BCUT2D eigenvalue weighted by atomic mass is 28.4. The van der Waals surface area contributed by atoms with E-state index in [1.54, 1.807) is 0 Å². The van der Waals surface area contributed by atoms with E-state index >= 15 is 0 Å². The van der Waals surface area contributed by atoms with Crippen LogP contribution in [0.1, 0.15) is 47.0 Å². The second-order valence-corrected chi connectivity index (χ2v) is 8.28. The average molecular weight is 333 g/mol. The van der Waals surface area contributed by atoms with Crippen LogP contribution in [0.5, 0.6) is 0 Å². The van der Waals surface area contributed by atoms with Crippen LogP contribution in [0.4, 0.5) is 0 Å². The van der Waals surface area contributed by atoms with Crippen LogP contribution in [-0.2, 0) is 18.1 Å². The molecule has 1 unspecified atom stereocenters. The Kier molecular flexibility index (Phi) is 8.56. The number of hydrogen-bond acceptors (Lipinski definition) is 5. The van der Waals surface area contributed by atoms with Crippen LogP contribution in [0.2, 0.25) is 0 Å². The number of nitrogens with zero attached hydrogens (tertiary/aromatic N) is 1. The number of likely N-dealkylation sites (tertiary alicyclic amines) is 1. The number of amides is 1. The first kappa shape index (κ1) is 19.6. The number of carbonyl (C=O) groups excluding carboxylic acids is 1. The van der Waals surface area contributed by atoms with E-state index in [1.807, 2.05) is 20.8 Å². The van der Waals surface area contributed by atoms with Gasteiger partial charge in [0.1, 0.15) is 0 Å². The molecule has 1 atom stereocenters. The Bertz CT molecular complexity index is 318. The molecule has 1 heterocycles. The smallest absolute Gasteiger partial charge is 0.373 e. The standard InChI is InChI=1S/C15H32N2O4Si/c1-5-14(17-11-9-13(10-12-17)15(16)18)22(19-6-2,20-7-3)21-8-4/h13-14H,5-12H2,1-4H3,(H2,16,18). The maximum atomic E-state index is 11.3. The molecular formula is C15H32N2O4Si. The Morgan fingerprint density at radius 3 is 1.86 bits per heavy atom. The van der Waals surface area contributed by atoms with Gasteiger partial charge >= 0.3 is 8.80 Å². The molecule has 0 aromatic carbocycles. The van der Waals surface area contributed by atoms with Crippen LogP contribution in [-0.4, -0.2) is 58.2 Å². The second kappa shape index (κ2) is 9.62. The summed E-state index contributed by atoms with van der Waals surface area (Å²) in [4.78, 5) is 13.7. The van der Waals surface area contributed by atoms with Crippen LogP contribution >= 0.6 is 0 Å². The van der Waals surface area contributed by atoms with Crippen molar-refractivity contribution >= 4 is 14.7 Å². The summed E-state index contributed by atoms with van der Waals surface area (Å²) in [5, 5.41) is 0. The molecule has 2 N–H and O–H groups in total. The molecule has 0 bridgehead atoms. The lowest BCUT2D eigenvalue weighted by Crippen LogP contribution is -2.64. The number of rotatable bonds is 10. The summed E-state index contributed by atoms with van der Waals surface area (Å²) in [6, 6.07) is 0. The normalized spacial score (nSPS) is 19.3. The summed E-state index contributed by atoms with van der Waals surface area (Å²) in [5.74, 6) is -0.188. The van der Waals surface area contributed by atoms with Crippen molar-refractivity contribution < 1.29 is 18.1 Å². The van der Waals surface area contributed by atoms with E-state index in [0.717, 1.165) is 32.4 Å². The highest BCUT2D eigenvalue weighted by Gasteiger charge is 2.51. The van der Waals surface area contributed by atoms with Gasteiger partial charge in [-0.25, -0.2) is 0 Å². The molecule has 0 aliphatic carbocycles. The first-order chi connectivity index (χ1) is 10.5. The molecule has 1 aliphatic heterocycles. The number of hydrogen-bond donors (Lipinski definition) is 1. The van der Waals surface area contributed by atoms with Crippen molar-refractivity contribution in [3.63, 3.8) is 0 Å². The van der Waals surface area contributed by atoms with Crippen molar-refractivity contribution in [1.82, 2.24) is 4.90 Å². The highest BCUT2D eigenvalue weighted by Crippen LogP contribution is 2.27. The van der Waals surface area contributed by atoms with E-state index in [0.29, 0.717) is 19.8 Å². The van der Waals surface area contributed by atoms with Gasteiger partial charge < -0.3 is 19.0 Å². The van der Waals surface area contributed by atoms with Crippen LogP contribution in [0.3, 0.4) is 0 Å². The Balaban J connectivity index is 2.86. The molecule has 0 radical (unpaired) electrons. The van der Waals surface area contributed by atoms with E-state index in [2.05, 4.69) is 11.8 Å². The van der Waals surface area contributed by atoms with E-state index in [4.69, 9.17) is 19.0 Å². The zero-order valence-corrected chi connectivity index (χ0v) is 15.5. The topological polar surface area (TPSA) is 74.0 Å². The third-order valence-corrected chi connectivity index (χ3v) is 7.87. The minimum atomic E-state index is -2.75. The fourth-order valence-electron chi connectivity index (χ4n) is 3.24. The molecule has 1 aliphatic rings. The Labute approximate surface area is 135 Å². The molecule has 0 aromatic rings. The first-order valence-electron chi connectivity index (χ1n) is 8.49. The van der Waals surface area contributed by atoms with Gasteiger partial charge in [0.15, 0.2) is 0 Å². The number of nitrogens with two attached hydrogens (primary N) is 1. The molecule has 1 saturated heterocycles. The van der Waals surface area contributed by atoms with Gasteiger partial charge in [0.2, 0.25) is 5.91 Å². The van der Waals surface area contributed by atoms with Crippen molar-refractivity contribution in [3.8, 4) is 0 Å². The van der Waals surface area contributed by atoms with Gasteiger partial charge in [-0.15, -0.1) is 0 Å². The molecule has 0 aromatic heterocycles. The van der Waals surface area contributed by atoms with E-state index in [-0.39, 0.29) is 17.5 Å². The van der Waals surface area contributed by atoms with Gasteiger partial charge in [-0.3, -0.25) is 9.69 Å². The third kappa shape index (κ3) is 4.76. The van der Waals surface area contributed by atoms with Crippen LogP contribution in [0, 0.1) is 5.92 Å². The Hall–Kier alpha value is -0.473. The van der Waals surface area contributed by atoms with Crippen LogP contribution in [0.15, 0.2) is 0 Å². The monoisotopic (exact) mass is 332 g/mol. The Morgan fingerprint density at radius 1 is 1.09 bits per heavy atom. The van der Waals surface area contributed by atoms with Crippen molar-refractivity contribution in [1.29, 1.82) is 0 Å². The summed E-state index contributed by atoms with van der Waals surface area (Å²) in [6.07, 6.45) is 2.52. The van der Waals surface area contributed by atoms with E-state index in [1.165, 1.54) is 0 Å². The van der Waals surface area contributed by atoms with Gasteiger partial charge in [0, 0.05) is 25.7 Å². The van der Waals surface area contributed by atoms with Crippen LogP contribution in [0.25, 0.3) is 0 Å². The zero-order valence-electron chi connectivity index (χ0n) is 14.5. The lowest BCUT2D eigenvalue weighted by atomic mass is 9.96. The maximum Gasteiger partial charge on any atom is 0.519 e. The predicted molar refractivity (Wildman–Crippen MR) is 88.2 cm³/mol. The molecule has 6 nitrogen and oxygen atoms in total. The van der Waals surface area contributed by atoms with Crippen molar-refractivity contribution in [2.75, 3.05) is 32.9 Å². The van der Waals surface area contributed by atoms with Crippen molar-refractivity contribution in [3.05, 3.63) is 0 Å². The van der Waals surface area contributed by atoms with Crippen molar-refractivity contribution in [2.45, 2.75) is 52.6 Å². The average Bonchev–Trinajstić information content (AvgIpc) is 2.49. The predicted octanol–water partition coefficient (Wildman–Crippen LogP) is 1.55. The maximum absolute atomic E-state index is 11.3. The molecule has 22 heavy (non-hydrogen) atoms. The fourth-order valence-corrected chi connectivity index (χ4v) is 6.48. The summed E-state index contributed by atoms with van der Waals surface area (Å²) in [6.45, 7) is 11.5. The molecule has 1 amide bonds. The SMILES string of the molecule is CCO[Si](OCC)(OCC)C(CC)N1CCC(C(N)=O)CC1. The van der Waals surface area contributed by atoms with Crippen molar-refractivity contribution in [2.24, 2.45) is 11.7 Å². The van der Waals surface area contributed by atoms with Crippen LogP contribution < -0.4 is 5.73 Å². The van der Waals surface area contributed by atoms with E-state index < -0.39 is 8.80 Å². The highest BCUT2D eigenvalue weighted by molar-refractivity contribution is 6.62. The molecule has 1 rings (SSSR count). The molecule has 0 saturated carbocycles. The third-order valence-electron chi connectivity index (χ3n) is 4.20. The minimum Gasteiger partial charge on any atom is -0.373 e. The minimum absolute atomic E-state index is 0.00361. The van der Waals surface area contributed by atoms with Gasteiger partial charge in [0.25, 0.3) is 0 Å². The van der Waals surface area contributed by atoms with Gasteiger partial charge in [0.05, 0.1) is 5.67 Å². The largest absolute Gasteiger partial charge is 0.519 e. The van der Waals surface area contributed by atoms with Gasteiger partial charge in [-0.1, -0.05) is 6.92 Å². The lowest BCUT2D eigenvalue weighted by molar-refractivity contribution is -0.123. The summed E-state index contributed by atoms with van der Waals surface area (Å²) >= 11 is 0. The molecule has 1 fully saturated rings. The summed E-state index contributed by atoms with van der Waals surface area (Å²) in [5.41, 5.74) is 5.57. The fraction of sp³-hybridized carbons (Fsp3) is 0.933.